The van der Waals surface area contributed by atoms with Gasteiger partial charge in [-0.3, -0.25) is 9.97 Å². The molecule has 0 saturated carbocycles. The fourth-order valence-corrected chi connectivity index (χ4v) is 18.6. The van der Waals surface area contributed by atoms with Crippen molar-refractivity contribution in [3.8, 4) is 78.1 Å². The summed E-state index contributed by atoms with van der Waals surface area (Å²) in [5, 5.41) is 10.8. The van der Waals surface area contributed by atoms with Gasteiger partial charge in [0.1, 0.15) is 0 Å². The lowest BCUT2D eigenvalue weighted by Crippen LogP contribution is -2.70. The summed E-state index contributed by atoms with van der Waals surface area (Å²) in [6, 6.07) is 91.0. The van der Waals surface area contributed by atoms with Gasteiger partial charge in [-0.2, -0.15) is 0 Å². The summed E-state index contributed by atoms with van der Waals surface area (Å²) in [5.41, 5.74) is 21.9. The van der Waals surface area contributed by atoms with Crippen LogP contribution < -0.4 is 20.7 Å². The number of hydrogen-bond donors (Lipinski definition) is 0. The van der Waals surface area contributed by atoms with Crippen LogP contribution >= 0.6 is 0 Å². The highest BCUT2D eigenvalue weighted by Gasteiger charge is 2.54. The fourth-order valence-electron chi connectivity index (χ4n) is 13.1. The number of fused-ring (bicyclic) bond motifs is 16. The molecule has 0 unspecified atom stereocenters. The van der Waals surface area contributed by atoms with Crippen LogP contribution in [0.4, 0.5) is 0 Å². The molecule has 0 bridgehead atoms. The minimum Gasteiger partial charge on any atom is -0.309 e. The molecule has 6 heterocycles. The standard InChI is InChI=1S/C70H44N4Si/c1-5-13-63-55(9-1)56-10-2-6-14-64(56)73(63)53-25-17-45(18-26-53)49-21-29-67-59(41-49)60-42-50(46-19-27-54(28-20-46)74-65-15-7-3-11-57(65)58-12-4-8-16-66(58)74)22-30-68(60)75(67)69-31-23-51(47-33-37-71-38-34-47)43-61(69)62-44-52(24-32-70(62)75)48-35-39-72-40-36-48/h1-44H. The van der Waals surface area contributed by atoms with E-state index >= 15 is 0 Å². The molecule has 16 rings (SSSR count). The van der Waals surface area contributed by atoms with Gasteiger partial charge >= 0.3 is 0 Å². The van der Waals surface area contributed by atoms with E-state index in [-0.39, 0.29) is 0 Å². The summed E-state index contributed by atoms with van der Waals surface area (Å²) >= 11 is 0. The lowest BCUT2D eigenvalue weighted by atomic mass is 9.96. The van der Waals surface area contributed by atoms with Crippen LogP contribution in [0.25, 0.3) is 122 Å². The molecule has 348 valence electrons. The van der Waals surface area contributed by atoms with Crippen molar-refractivity contribution in [2.75, 3.05) is 0 Å². The molecule has 10 aromatic carbocycles. The van der Waals surface area contributed by atoms with Gasteiger partial charge in [-0.05, 0) is 185 Å². The number of benzene rings is 10. The Morgan fingerprint density at radius 2 is 0.493 bits per heavy atom. The zero-order valence-electron chi connectivity index (χ0n) is 40.7. The molecule has 4 nitrogen and oxygen atoms in total. The number of para-hydroxylation sites is 4. The molecular weight excluding hydrogens is 925 g/mol. The summed E-state index contributed by atoms with van der Waals surface area (Å²) in [4.78, 5) is 8.73. The molecule has 5 heteroatoms. The average molecular weight is 969 g/mol. The van der Waals surface area contributed by atoms with E-state index in [1.807, 2.05) is 24.8 Å². The van der Waals surface area contributed by atoms with Gasteiger partial charge in [0.15, 0.2) is 8.07 Å². The van der Waals surface area contributed by atoms with Crippen molar-refractivity contribution in [3.05, 3.63) is 267 Å². The van der Waals surface area contributed by atoms with Gasteiger partial charge in [-0.15, -0.1) is 0 Å². The first-order valence-corrected chi connectivity index (χ1v) is 27.8. The molecule has 2 aliphatic heterocycles. The Balaban J connectivity index is 0.883. The maximum Gasteiger partial charge on any atom is 0.182 e. The van der Waals surface area contributed by atoms with Crippen molar-refractivity contribution in [1.29, 1.82) is 0 Å². The van der Waals surface area contributed by atoms with Gasteiger partial charge in [0.2, 0.25) is 0 Å². The van der Waals surface area contributed by atoms with Gasteiger partial charge in [-0.1, -0.05) is 146 Å². The van der Waals surface area contributed by atoms with Gasteiger partial charge in [0, 0.05) is 57.7 Å². The highest BCUT2D eigenvalue weighted by molar-refractivity contribution is 7.24. The van der Waals surface area contributed by atoms with E-state index in [4.69, 9.17) is 0 Å². The van der Waals surface area contributed by atoms with Crippen LogP contribution in [0.1, 0.15) is 0 Å². The third-order valence-electron chi connectivity index (χ3n) is 16.4. The highest BCUT2D eigenvalue weighted by atomic mass is 28.3. The summed E-state index contributed by atoms with van der Waals surface area (Å²) < 4.78 is 4.80. The van der Waals surface area contributed by atoms with Gasteiger partial charge < -0.3 is 9.13 Å². The van der Waals surface area contributed by atoms with Crippen molar-refractivity contribution in [3.63, 3.8) is 0 Å². The predicted molar refractivity (Wildman–Crippen MR) is 314 cm³/mol. The van der Waals surface area contributed by atoms with Crippen molar-refractivity contribution < 1.29 is 0 Å². The maximum atomic E-state index is 4.37. The molecule has 0 amide bonds. The third kappa shape index (κ3) is 6.10. The third-order valence-corrected chi connectivity index (χ3v) is 21.4. The van der Waals surface area contributed by atoms with E-state index < -0.39 is 8.07 Å². The summed E-state index contributed by atoms with van der Waals surface area (Å²) in [7, 11) is -2.87. The number of hydrogen-bond acceptors (Lipinski definition) is 2. The molecule has 0 fully saturated rings. The zero-order valence-corrected chi connectivity index (χ0v) is 41.7. The Hall–Kier alpha value is -9.68. The topological polar surface area (TPSA) is 35.6 Å². The van der Waals surface area contributed by atoms with Crippen LogP contribution in [0.5, 0.6) is 0 Å². The predicted octanol–water partition coefficient (Wildman–Crippen LogP) is 14.7. The molecule has 1 spiro atoms. The highest BCUT2D eigenvalue weighted by Crippen LogP contribution is 2.42. The second kappa shape index (κ2) is 16.2. The number of aromatic nitrogens is 4. The quantitative estimate of drug-likeness (QED) is 0.156. The van der Waals surface area contributed by atoms with Crippen LogP contribution in [0.3, 0.4) is 0 Å². The Kier molecular flexibility index (Phi) is 9.02. The Morgan fingerprint density at radius 1 is 0.240 bits per heavy atom. The second-order valence-electron chi connectivity index (χ2n) is 20.1. The molecule has 2 aliphatic rings. The molecule has 75 heavy (non-hydrogen) atoms. The zero-order chi connectivity index (χ0) is 49.2. The van der Waals surface area contributed by atoms with E-state index in [1.54, 1.807) is 0 Å². The van der Waals surface area contributed by atoms with E-state index in [0.717, 1.165) is 22.5 Å². The van der Waals surface area contributed by atoms with Crippen LogP contribution in [-0.4, -0.2) is 27.2 Å². The SMILES string of the molecule is c1ccc2c(c1)c1ccccc1n2-c1ccc(-c2ccc3c(c2)-c2cc(-c4ccc(-n5c6ccccc6c6ccccc65)cc4)ccc2[Si]32c3ccc(-c4ccncc4)cc3-c3cc(-c4ccncc4)ccc32)cc1. The molecule has 0 N–H and O–H groups in total. The van der Waals surface area contributed by atoms with E-state index in [1.165, 1.54) is 120 Å². The summed E-state index contributed by atoms with van der Waals surface area (Å²) in [6.07, 6.45) is 7.57. The summed E-state index contributed by atoms with van der Waals surface area (Å²) in [6.45, 7) is 0. The van der Waals surface area contributed by atoms with Gasteiger partial charge in [-0.25, -0.2) is 0 Å². The molecule has 0 saturated heterocycles. The van der Waals surface area contributed by atoms with Gasteiger partial charge in [0.05, 0.1) is 22.1 Å². The van der Waals surface area contributed by atoms with Crippen molar-refractivity contribution in [2.24, 2.45) is 0 Å². The van der Waals surface area contributed by atoms with Gasteiger partial charge in [0.25, 0.3) is 0 Å². The number of rotatable bonds is 6. The smallest absolute Gasteiger partial charge is 0.182 e. The average Bonchev–Trinajstić information content (AvgIpc) is 4.39. The number of pyridine rings is 2. The first-order valence-electron chi connectivity index (χ1n) is 25.8. The monoisotopic (exact) mass is 968 g/mol. The minimum atomic E-state index is -2.87. The fraction of sp³-hybridized carbons (Fsp3) is 0. The lowest BCUT2D eigenvalue weighted by molar-refractivity contribution is 1.18. The first kappa shape index (κ1) is 41.9. The molecule has 14 aromatic rings. The molecule has 0 radical (unpaired) electrons. The normalized spacial score (nSPS) is 12.9. The van der Waals surface area contributed by atoms with Crippen molar-refractivity contribution in [2.45, 2.75) is 0 Å². The van der Waals surface area contributed by atoms with Crippen LogP contribution in [0.2, 0.25) is 0 Å². The molecule has 0 aliphatic carbocycles. The van der Waals surface area contributed by atoms with Crippen LogP contribution in [0, 0.1) is 0 Å². The van der Waals surface area contributed by atoms with E-state index in [2.05, 4.69) is 262 Å². The molecule has 4 aromatic heterocycles. The Labute approximate surface area is 434 Å². The van der Waals surface area contributed by atoms with Crippen molar-refractivity contribution in [1.82, 2.24) is 19.1 Å². The minimum absolute atomic E-state index is 1.15. The van der Waals surface area contributed by atoms with Crippen LogP contribution in [-0.2, 0) is 0 Å². The maximum absolute atomic E-state index is 4.37. The van der Waals surface area contributed by atoms with E-state index in [0.29, 0.717) is 0 Å². The van der Waals surface area contributed by atoms with E-state index in [9.17, 15) is 0 Å². The Bertz CT molecular complexity index is 4220. The van der Waals surface area contributed by atoms with Crippen LogP contribution in [0.15, 0.2) is 267 Å². The second-order valence-corrected chi connectivity index (χ2v) is 23.8. The largest absolute Gasteiger partial charge is 0.309 e. The molecule has 0 atom stereocenters. The first-order chi connectivity index (χ1) is 37.2. The molecular formula is C70H44N4Si. The van der Waals surface area contributed by atoms with Crippen molar-refractivity contribution >= 4 is 72.4 Å². The summed E-state index contributed by atoms with van der Waals surface area (Å²) in [5.74, 6) is 0. The lowest BCUT2D eigenvalue weighted by Gasteiger charge is -2.28. The Morgan fingerprint density at radius 3 is 0.787 bits per heavy atom. The number of nitrogens with zero attached hydrogens (tertiary/aromatic N) is 4.